The van der Waals surface area contributed by atoms with Crippen LogP contribution in [0.25, 0.3) is 162 Å². The van der Waals surface area contributed by atoms with E-state index >= 15 is 0 Å². The number of nitrogens with zero attached hydrogens (tertiary/aromatic N) is 2. The van der Waals surface area contributed by atoms with Gasteiger partial charge in [-0.05, 0) is 145 Å². The van der Waals surface area contributed by atoms with Gasteiger partial charge in [-0.25, -0.2) is 0 Å². The quantitative estimate of drug-likeness (QED) is 0.125. The molecule has 0 saturated carbocycles. The van der Waals surface area contributed by atoms with Gasteiger partial charge in [0.05, 0.1) is 0 Å². The van der Waals surface area contributed by atoms with Gasteiger partial charge in [-0.2, -0.15) is 0 Å². The van der Waals surface area contributed by atoms with Crippen LogP contribution in [0.5, 0.6) is 0 Å². The molecule has 4 heterocycles. The Morgan fingerprint density at radius 1 is 0.250 bits per heavy atom. The highest BCUT2D eigenvalue weighted by Gasteiger charge is 2.31. The molecule has 2 N–H and O–H groups in total. The summed E-state index contributed by atoms with van der Waals surface area (Å²) >= 11 is 0. The second-order valence-corrected chi connectivity index (χ2v) is 17.7. The first-order chi connectivity index (χ1) is 30.9. The lowest BCUT2D eigenvalue weighted by Crippen LogP contribution is -2.30. The van der Waals surface area contributed by atoms with Crippen LogP contribution in [0.4, 0.5) is 0 Å². The number of pyridine rings is 4. The van der Waals surface area contributed by atoms with E-state index in [-0.39, 0.29) is 10.8 Å². The van der Waals surface area contributed by atoms with Gasteiger partial charge < -0.3 is 0 Å². The molecular weight excluding hydrogens is 809 g/mol. The summed E-state index contributed by atoms with van der Waals surface area (Å²) in [5.74, 6) is 0. The monoisotopic (exact) mass is 828 g/mol. The Labute approximate surface area is 349 Å². The Kier molecular flexibility index (Phi) is 5.00. The molecule has 0 radical (unpaired) electrons. The number of nitrogens with one attached hydrogen (secondary N) is 2. The van der Waals surface area contributed by atoms with Crippen molar-refractivity contribution in [2.75, 3.05) is 0 Å². The van der Waals surface area contributed by atoms with Gasteiger partial charge in [0.15, 0.2) is 0 Å². The highest BCUT2D eigenvalue weighted by atomic mass is 16.2. The van der Waals surface area contributed by atoms with Crippen LogP contribution in [0.3, 0.4) is 0 Å². The lowest BCUT2D eigenvalue weighted by molar-refractivity contribution is 0.841. The number of rotatable bonds is 0. The van der Waals surface area contributed by atoms with E-state index in [9.17, 15) is 38.4 Å². The summed E-state index contributed by atoms with van der Waals surface area (Å²) in [6.45, 7) is 0. The number of H-pyrrole nitrogens is 2. The van der Waals surface area contributed by atoms with Gasteiger partial charge in [0.2, 0.25) is 0 Å². The zero-order valence-electron chi connectivity index (χ0n) is 33.1. The van der Waals surface area contributed by atoms with Gasteiger partial charge in [-0.3, -0.25) is 57.5 Å². The topological polar surface area (TPSA) is 178 Å². The Hall–Kier alpha value is -8.90. The molecule has 4 aromatic heterocycles. The second kappa shape index (κ2) is 9.75. The van der Waals surface area contributed by atoms with E-state index in [4.69, 9.17) is 0 Å². The molecule has 64 heavy (non-hydrogen) atoms. The first kappa shape index (κ1) is 32.8. The van der Waals surface area contributed by atoms with Crippen LogP contribution >= 0.6 is 0 Å². The van der Waals surface area contributed by atoms with E-state index in [2.05, 4.69) is 9.97 Å². The highest BCUT2D eigenvalue weighted by molar-refractivity contribution is 6.56. The number of fused-ring (bicyclic) bond motifs is 7. The Morgan fingerprint density at radius 3 is 0.812 bits per heavy atom. The smallest absolute Gasteiger partial charge is 0.261 e. The van der Waals surface area contributed by atoms with Crippen molar-refractivity contribution in [3.05, 3.63) is 156 Å². The predicted octanol–water partition coefficient (Wildman–Crippen LogP) is 6.70. The molecule has 0 saturated heterocycles. The third-order valence-electron chi connectivity index (χ3n) is 15.1. The van der Waals surface area contributed by atoms with Crippen LogP contribution < -0.4 is 44.5 Å². The molecule has 0 aliphatic heterocycles. The Bertz CT molecular complexity index is 5180. The average molecular weight is 829 g/mol. The van der Waals surface area contributed by atoms with Gasteiger partial charge in [0.1, 0.15) is 0 Å². The molecular formula is C52H20N4O8. The third kappa shape index (κ3) is 3.12. The highest BCUT2D eigenvalue weighted by Crippen LogP contribution is 2.56. The maximum Gasteiger partial charge on any atom is 0.261 e. The van der Waals surface area contributed by atoms with Gasteiger partial charge in [0, 0.05) is 78.7 Å². The standard InChI is InChI=1S/C52H20N4O8/c1-55-49(61)21-9-5-17-15-3-7-19-31-27(47(59)53-45(19)57)11-23-35-24-12-28-32-20(46(58)54-48(28)60)8-4-16-18-6-10-22-34-30(52(64)56(2)50(22)62)14-26(44(40(18)34)42(24)38(16)32)36(35)25-13-29(51(55)63)33(21)39(17)43(25)41(23)37(15)31/h3-14H,1-2H3,(H,53,57,59)(H,54,58,60). The largest absolute Gasteiger partial charge is 0.288 e. The lowest BCUT2D eigenvalue weighted by atomic mass is 9.76. The summed E-state index contributed by atoms with van der Waals surface area (Å²) in [6, 6.07) is 21.5. The van der Waals surface area contributed by atoms with Crippen LogP contribution in [-0.4, -0.2) is 19.1 Å². The molecule has 12 nitrogen and oxygen atoms in total. The first-order valence-electron chi connectivity index (χ1n) is 20.6. The molecule has 0 amide bonds. The molecule has 0 bridgehead atoms. The molecule has 296 valence electrons. The minimum absolute atomic E-state index is 0.269. The summed E-state index contributed by atoms with van der Waals surface area (Å²) in [6.07, 6.45) is 0. The van der Waals surface area contributed by atoms with Gasteiger partial charge in [0.25, 0.3) is 44.5 Å². The SMILES string of the molecule is Cn1c(=O)c2ccc3c4ccc5c(=O)[nH]c(=O)c6cc7c8c9cc%10c(=O)[nH]c(=O)c%11ccc%12c%13ccc%14c(=O)n(C)c(=O)c%15cc(c8c8cc(c1=O)c2c3c8c7c4c56)c(c%13c%14%15)c9c%12c%11%10. The van der Waals surface area contributed by atoms with Crippen molar-refractivity contribution in [1.82, 2.24) is 19.1 Å². The summed E-state index contributed by atoms with van der Waals surface area (Å²) in [4.78, 5) is 117. The van der Waals surface area contributed by atoms with E-state index < -0.39 is 44.5 Å². The minimum Gasteiger partial charge on any atom is -0.288 e. The van der Waals surface area contributed by atoms with E-state index in [0.717, 1.165) is 9.13 Å². The maximum absolute atomic E-state index is 14.5. The van der Waals surface area contributed by atoms with E-state index in [1.807, 2.05) is 36.4 Å². The summed E-state index contributed by atoms with van der Waals surface area (Å²) in [7, 11) is 2.91. The van der Waals surface area contributed by atoms with Gasteiger partial charge in [-0.15, -0.1) is 0 Å². The normalized spacial score (nSPS) is 13.3. The van der Waals surface area contributed by atoms with Crippen molar-refractivity contribution in [2.24, 2.45) is 14.1 Å². The average Bonchev–Trinajstić information content (AvgIpc) is 3.30. The molecule has 0 aliphatic rings. The minimum atomic E-state index is -0.581. The van der Waals surface area contributed by atoms with Crippen LogP contribution in [0.1, 0.15) is 0 Å². The van der Waals surface area contributed by atoms with Crippen molar-refractivity contribution < 1.29 is 0 Å². The van der Waals surface area contributed by atoms with Crippen LogP contribution in [0.2, 0.25) is 0 Å². The number of aromatic amines is 2. The fourth-order valence-corrected chi connectivity index (χ4v) is 12.6. The van der Waals surface area contributed by atoms with Gasteiger partial charge in [-0.1, -0.05) is 24.3 Å². The van der Waals surface area contributed by atoms with Crippen molar-refractivity contribution in [3.8, 4) is 0 Å². The zero-order chi connectivity index (χ0) is 43.0. The van der Waals surface area contributed by atoms with Crippen LogP contribution in [0.15, 0.2) is 111 Å². The molecule has 12 aromatic carbocycles. The summed E-state index contributed by atoms with van der Waals surface area (Å²) < 4.78 is 2.22. The third-order valence-corrected chi connectivity index (χ3v) is 15.1. The van der Waals surface area contributed by atoms with Crippen molar-refractivity contribution in [3.63, 3.8) is 0 Å². The maximum atomic E-state index is 14.5. The summed E-state index contributed by atoms with van der Waals surface area (Å²) in [5, 5.41) is 16.4. The molecule has 16 aromatic rings. The molecule has 0 unspecified atom stereocenters. The van der Waals surface area contributed by atoms with Gasteiger partial charge >= 0.3 is 0 Å². The second-order valence-electron chi connectivity index (χ2n) is 17.7. The molecule has 12 heteroatoms. The zero-order valence-corrected chi connectivity index (χ0v) is 33.1. The molecule has 0 atom stereocenters. The molecule has 0 aliphatic carbocycles. The van der Waals surface area contributed by atoms with Crippen molar-refractivity contribution >= 4 is 162 Å². The molecule has 0 fully saturated rings. The summed E-state index contributed by atoms with van der Waals surface area (Å²) in [5.41, 5.74) is -4.12. The number of aromatic nitrogens is 4. The Morgan fingerprint density at radius 2 is 0.469 bits per heavy atom. The number of hydrogen-bond donors (Lipinski definition) is 2. The lowest BCUT2D eigenvalue weighted by Gasteiger charge is -2.26. The van der Waals surface area contributed by atoms with E-state index in [1.54, 1.807) is 36.4 Å². The van der Waals surface area contributed by atoms with Crippen molar-refractivity contribution in [1.29, 1.82) is 0 Å². The fraction of sp³-hybridized carbons (Fsp3) is 0.0385. The molecule has 16 rings (SSSR count). The molecule has 0 spiro atoms. The van der Waals surface area contributed by atoms with Crippen LogP contribution in [0, 0.1) is 0 Å². The van der Waals surface area contributed by atoms with Crippen molar-refractivity contribution in [2.45, 2.75) is 0 Å². The predicted molar refractivity (Wildman–Crippen MR) is 255 cm³/mol. The van der Waals surface area contributed by atoms with E-state index in [1.165, 1.54) is 14.1 Å². The van der Waals surface area contributed by atoms with Crippen LogP contribution in [-0.2, 0) is 14.1 Å². The first-order valence-corrected chi connectivity index (χ1v) is 20.6. The number of benzene rings is 12. The Balaban J connectivity index is 1.39. The number of hydrogen-bond acceptors (Lipinski definition) is 8. The van der Waals surface area contributed by atoms with E-state index in [0.29, 0.717) is 151 Å². The fourth-order valence-electron chi connectivity index (χ4n) is 12.6.